The van der Waals surface area contributed by atoms with Crippen molar-refractivity contribution in [2.45, 2.75) is 30.9 Å². The molecule has 1 amide bonds. The fraction of sp³-hybridized carbons (Fsp3) is 0.240. The van der Waals surface area contributed by atoms with Gasteiger partial charge < -0.3 is 15.2 Å². The monoisotopic (exact) mass is 385 g/mol. The van der Waals surface area contributed by atoms with Crippen molar-refractivity contribution in [1.82, 2.24) is 5.32 Å². The molecule has 29 heavy (non-hydrogen) atoms. The van der Waals surface area contributed by atoms with Crippen LogP contribution in [0.25, 0.3) is 11.1 Å². The van der Waals surface area contributed by atoms with Crippen LogP contribution in [-0.2, 0) is 11.2 Å². The summed E-state index contributed by atoms with van der Waals surface area (Å²) in [5.41, 5.74) is 6.91. The van der Waals surface area contributed by atoms with Gasteiger partial charge in [-0.3, -0.25) is 0 Å². The highest BCUT2D eigenvalue weighted by Crippen LogP contribution is 2.44. The van der Waals surface area contributed by atoms with Crippen molar-refractivity contribution < 1.29 is 14.6 Å². The van der Waals surface area contributed by atoms with Crippen LogP contribution in [0.5, 0.6) is 0 Å². The van der Waals surface area contributed by atoms with Crippen molar-refractivity contribution in [2.24, 2.45) is 0 Å². The Balaban J connectivity index is 1.32. The van der Waals surface area contributed by atoms with Gasteiger partial charge in [-0.05, 0) is 46.2 Å². The molecule has 2 aliphatic carbocycles. The van der Waals surface area contributed by atoms with E-state index in [1.165, 1.54) is 27.8 Å². The summed E-state index contributed by atoms with van der Waals surface area (Å²) in [5, 5.41) is 13.3. The smallest absolute Gasteiger partial charge is 0.407 e. The maximum absolute atomic E-state index is 12.6. The molecule has 0 unspecified atom stereocenters. The number of fused-ring (bicyclic) bond motifs is 4. The second-order valence-corrected chi connectivity index (χ2v) is 7.75. The number of benzene rings is 3. The van der Waals surface area contributed by atoms with Gasteiger partial charge in [0, 0.05) is 5.92 Å². The van der Waals surface area contributed by atoms with E-state index in [9.17, 15) is 9.90 Å². The zero-order valence-electron chi connectivity index (χ0n) is 16.0. The SMILES string of the molecule is O=C(N[C@H]1c2ccccc2CC[C@H]1O)OCC1c2ccccc2-c2ccccc21. The molecular formula is C25H23NO3. The average Bonchev–Trinajstić information content (AvgIpc) is 3.08. The average molecular weight is 385 g/mol. The van der Waals surface area contributed by atoms with Crippen LogP contribution >= 0.6 is 0 Å². The van der Waals surface area contributed by atoms with Gasteiger partial charge in [0.15, 0.2) is 0 Å². The molecule has 0 bridgehead atoms. The predicted molar refractivity (Wildman–Crippen MR) is 112 cm³/mol. The van der Waals surface area contributed by atoms with E-state index in [-0.39, 0.29) is 12.5 Å². The number of amides is 1. The van der Waals surface area contributed by atoms with Crippen LogP contribution in [0.4, 0.5) is 4.79 Å². The maximum Gasteiger partial charge on any atom is 0.407 e. The summed E-state index contributed by atoms with van der Waals surface area (Å²) < 4.78 is 5.64. The van der Waals surface area contributed by atoms with Crippen LogP contribution in [0, 0.1) is 0 Å². The lowest BCUT2D eigenvalue weighted by atomic mass is 9.86. The van der Waals surface area contributed by atoms with Crippen LogP contribution in [0.2, 0.25) is 0 Å². The number of aliphatic hydroxyl groups is 1. The van der Waals surface area contributed by atoms with E-state index in [2.05, 4.69) is 29.6 Å². The standard InChI is InChI=1S/C25H23NO3/c27-23-14-13-16-7-1-2-8-17(16)24(23)26-25(28)29-15-22-20-11-5-3-9-18(20)19-10-4-6-12-21(19)22/h1-12,22-24,27H,13-15H2,(H,26,28)/t23-,24+/m1/s1. The second-order valence-electron chi connectivity index (χ2n) is 7.75. The summed E-state index contributed by atoms with van der Waals surface area (Å²) in [6, 6.07) is 24.0. The lowest BCUT2D eigenvalue weighted by Gasteiger charge is -2.30. The Bertz CT molecular complexity index is 1020. The van der Waals surface area contributed by atoms with Gasteiger partial charge in [0.1, 0.15) is 6.61 Å². The first-order valence-corrected chi connectivity index (χ1v) is 10.1. The van der Waals surface area contributed by atoms with E-state index in [0.717, 1.165) is 12.0 Å². The molecule has 3 aromatic carbocycles. The summed E-state index contributed by atoms with van der Waals surface area (Å²) in [5.74, 6) is 0.0247. The van der Waals surface area contributed by atoms with Gasteiger partial charge in [0.05, 0.1) is 12.1 Å². The number of carbonyl (C=O) groups is 1. The van der Waals surface area contributed by atoms with Crippen LogP contribution < -0.4 is 5.32 Å². The Morgan fingerprint density at radius 3 is 2.17 bits per heavy atom. The molecule has 146 valence electrons. The fourth-order valence-corrected chi connectivity index (χ4v) is 4.68. The minimum absolute atomic E-state index is 0.0247. The van der Waals surface area contributed by atoms with E-state index in [0.29, 0.717) is 6.42 Å². The highest BCUT2D eigenvalue weighted by molar-refractivity contribution is 5.79. The Kier molecular flexibility index (Phi) is 4.57. The molecule has 2 atom stereocenters. The third kappa shape index (κ3) is 3.19. The molecule has 0 heterocycles. The minimum atomic E-state index is -0.606. The van der Waals surface area contributed by atoms with Crippen LogP contribution in [0.1, 0.15) is 40.6 Å². The quantitative estimate of drug-likeness (QED) is 0.694. The predicted octanol–water partition coefficient (Wildman–Crippen LogP) is 4.57. The van der Waals surface area contributed by atoms with Gasteiger partial charge in [0.25, 0.3) is 0 Å². The van der Waals surface area contributed by atoms with E-state index < -0.39 is 18.2 Å². The summed E-state index contributed by atoms with van der Waals surface area (Å²) in [6.45, 7) is 0.268. The van der Waals surface area contributed by atoms with Crippen LogP contribution in [0.3, 0.4) is 0 Å². The second kappa shape index (κ2) is 7.37. The highest BCUT2D eigenvalue weighted by Gasteiger charge is 2.31. The Labute approximate surface area is 170 Å². The lowest BCUT2D eigenvalue weighted by Crippen LogP contribution is -2.39. The van der Waals surface area contributed by atoms with Gasteiger partial charge in [-0.25, -0.2) is 4.79 Å². The molecule has 4 heteroatoms. The van der Waals surface area contributed by atoms with Gasteiger partial charge >= 0.3 is 6.09 Å². The van der Waals surface area contributed by atoms with Crippen molar-refractivity contribution in [1.29, 1.82) is 0 Å². The van der Waals surface area contributed by atoms with E-state index >= 15 is 0 Å². The third-order valence-corrected chi connectivity index (χ3v) is 6.10. The van der Waals surface area contributed by atoms with Crippen LogP contribution in [-0.4, -0.2) is 23.9 Å². The first-order valence-electron chi connectivity index (χ1n) is 10.1. The number of hydrogen-bond donors (Lipinski definition) is 2. The normalized spacial score (nSPS) is 19.8. The zero-order valence-corrected chi connectivity index (χ0v) is 16.0. The topological polar surface area (TPSA) is 58.6 Å². The number of nitrogens with one attached hydrogen (secondary N) is 1. The molecule has 2 aliphatic rings. The third-order valence-electron chi connectivity index (χ3n) is 6.10. The molecule has 0 fully saturated rings. The number of aliphatic hydroxyl groups excluding tert-OH is 1. The van der Waals surface area contributed by atoms with Gasteiger partial charge in [-0.15, -0.1) is 0 Å². The molecule has 0 radical (unpaired) electrons. The number of carbonyl (C=O) groups excluding carboxylic acids is 1. The number of rotatable bonds is 3. The molecule has 0 aliphatic heterocycles. The summed E-state index contributed by atoms with van der Waals surface area (Å²) >= 11 is 0. The molecule has 2 N–H and O–H groups in total. The molecule has 4 nitrogen and oxygen atoms in total. The van der Waals surface area contributed by atoms with E-state index in [4.69, 9.17) is 4.74 Å². The molecule has 0 spiro atoms. The van der Waals surface area contributed by atoms with Gasteiger partial charge in [-0.1, -0.05) is 72.8 Å². The highest BCUT2D eigenvalue weighted by atomic mass is 16.5. The van der Waals surface area contributed by atoms with Crippen molar-refractivity contribution in [3.05, 3.63) is 95.1 Å². The van der Waals surface area contributed by atoms with Crippen LogP contribution in [0.15, 0.2) is 72.8 Å². The van der Waals surface area contributed by atoms with Crippen molar-refractivity contribution >= 4 is 6.09 Å². The molecule has 0 saturated carbocycles. The largest absolute Gasteiger partial charge is 0.449 e. The number of aryl methyl sites for hydroxylation is 1. The summed E-state index contributed by atoms with van der Waals surface area (Å²) in [6.07, 6.45) is 0.351. The minimum Gasteiger partial charge on any atom is -0.449 e. The van der Waals surface area contributed by atoms with Crippen molar-refractivity contribution in [3.63, 3.8) is 0 Å². The molecule has 0 saturated heterocycles. The molecule has 3 aromatic rings. The van der Waals surface area contributed by atoms with Gasteiger partial charge in [0.2, 0.25) is 0 Å². The summed E-state index contributed by atoms with van der Waals surface area (Å²) in [4.78, 5) is 12.6. The lowest BCUT2D eigenvalue weighted by molar-refractivity contribution is 0.0931. The summed E-state index contributed by atoms with van der Waals surface area (Å²) in [7, 11) is 0. The van der Waals surface area contributed by atoms with Gasteiger partial charge in [-0.2, -0.15) is 0 Å². The number of ether oxygens (including phenoxy) is 1. The first kappa shape index (κ1) is 18.0. The van der Waals surface area contributed by atoms with E-state index in [1.54, 1.807) is 0 Å². The Morgan fingerprint density at radius 2 is 1.48 bits per heavy atom. The van der Waals surface area contributed by atoms with Crippen molar-refractivity contribution in [2.75, 3.05) is 6.61 Å². The number of alkyl carbamates (subject to hydrolysis) is 1. The Hall–Kier alpha value is -3.11. The molecule has 5 rings (SSSR count). The number of hydrogen-bond acceptors (Lipinski definition) is 3. The zero-order chi connectivity index (χ0) is 19.8. The first-order chi connectivity index (χ1) is 14.2. The Morgan fingerprint density at radius 1 is 0.897 bits per heavy atom. The van der Waals surface area contributed by atoms with E-state index in [1.807, 2.05) is 48.5 Å². The fourth-order valence-electron chi connectivity index (χ4n) is 4.68. The maximum atomic E-state index is 12.6. The molecule has 0 aromatic heterocycles. The molecular weight excluding hydrogens is 362 g/mol. The van der Waals surface area contributed by atoms with Crippen molar-refractivity contribution in [3.8, 4) is 11.1 Å².